The molecule has 1 amide bonds. The molecule has 0 aliphatic heterocycles. The molecule has 31 heavy (non-hydrogen) atoms. The van der Waals surface area contributed by atoms with Crippen LogP contribution in [0.2, 0.25) is 0 Å². The number of H-pyrrole nitrogens is 1. The van der Waals surface area contributed by atoms with E-state index < -0.39 is 11.7 Å². The van der Waals surface area contributed by atoms with Gasteiger partial charge in [-0.25, -0.2) is 0 Å². The molecule has 0 saturated heterocycles. The summed E-state index contributed by atoms with van der Waals surface area (Å²) in [6.45, 7) is 4.30. The number of nitrogens with one attached hydrogen (secondary N) is 3. The second-order valence-electron chi connectivity index (χ2n) is 7.16. The number of nitrogens with zero attached hydrogens (tertiary/aromatic N) is 2. The van der Waals surface area contributed by atoms with Crippen molar-refractivity contribution < 1.29 is 18.0 Å². The van der Waals surface area contributed by atoms with E-state index in [4.69, 9.17) is 12.2 Å². The van der Waals surface area contributed by atoms with Gasteiger partial charge in [0, 0.05) is 24.7 Å². The van der Waals surface area contributed by atoms with Gasteiger partial charge in [-0.05, 0) is 56.4 Å². The van der Waals surface area contributed by atoms with Crippen LogP contribution < -0.4 is 10.6 Å². The van der Waals surface area contributed by atoms with Gasteiger partial charge in [-0.1, -0.05) is 18.2 Å². The summed E-state index contributed by atoms with van der Waals surface area (Å²) in [6.07, 6.45) is -3.97. The first-order chi connectivity index (χ1) is 14.7. The van der Waals surface area contributed by atoms with Crippen LogP contribution in [-0.4, -0.2) is 27.2 Å². The standard InChI is InChI=1S/C21H22F3N5OS/c1-13(2)29-18(27-28-20(29)31)10-11-25-19(30)16-8-3-4-9-17(16)26-15-7-5-6-14(12-15)21(22,23)24/h3-9,12-13,26H,10-11H2,1-2H3,(H,25,30)(H,28,31). The van der Waals surface area contributed by atoms with E-state index in [2.05, 4.69) is 20.8 Å². The lowest BCUT2D eigenvalue weighted by Crippen LogP contribution is -2.27. The Kier molecular flexibility index (Phi) is 6.79. The Morgan fingerprint density at radius 1 is 1.19 bits per heavy atom. The molecule has 1 heterocycles. The zero-order chi connectivity index (χ0) is 22.6. The lowest BCUT2D eigenvalue weighted by molar-refractivity contribution is -0.137. The number of aromatic amines is 1. The van der Waals surface area contributed by atoms with Gasteiger partial charge >= 0.3 is 6.18 Å². The van der Waals surface area contributed by atoms with Gasteiger partial charge in [-0.2, -0.15) is 18.3 Å². The highest BCUT2D eigenvalue weighted by atomic mass is 32.1. The monoisotopic (exact) mass is 449 g/mol. The number of para-hydroxylation sites is 1. The summed E-state index contributed by atoms with van der Waals surface area (Å²) < 4.78 is 41.3. The van der Waals surface area contributed by atoms with Gasteiger partial charge in [0.2, 0.25) is 0 Å². The van der Waals surface area contributed by atoms with E-state index in [9.17, 15) is 18.0 Å². The van der Waals surface area contributed by atoms with Crippen molar-refractivity contribution in [2.75, 3.05) is 11.9 Å². The molecule has 0 saturated carbocycles. The minimum atomic E-state index is -4.45. The molecule has 3 N–H and O–H groups in total. The van der Waals surface area contributed by atoms with Crippen LogP contribution in [0.25, 0.3) is 0 Å². The molecule has 0 aliphatic carbocycles. The van der Waals surface area contributed by atoms with E-state index in [0.717, 1.165) is 18.0 Å². The average molecular weight is 450 g/mol. The Balaban J connectivity index is 1.70. The summed E-state index contributed by atoms with van der Waals surface area (Å²) in [5, 5.41) is 12.7. The summed E-state index contributed by atoms with van der Waals surface area (Å²) in [5.74, 6) is 0.385. The Labute approximate surface area is 182 Å². The topological polar surface area (TPSA) is 74.7 Å². The molecule has 0 bridgehead atoms. The molecule has 3 rings (SSSR count). The van der Waals surface area contributed by atoms with Crippen LogP contribution >= 0.6 is 12.2 Å². The SMILES string of the molecule is CC(C)n1c(CCNC(=O)c2ccccc2Nc2cccc(C(F)(F)F)c2)n[nH]c1=S. The molecule has 164 valence electrons. The van der Waals surface area contributed by atoms with Gasteiger partial charge in [-0.3, -0.25) is 9.89 Å². The fourth-order valence-electron chi connectivity index (χ4n) is 3.15. The maximum atomic E-state index is 13.0. The number of rotatable bonds is 7. The molecule has 0 spiro atoms. The Morgan fingerprint density at radius 2 is 1.94 bits per heavy atom. The van der Waals surface area contributed by atoms with E-state index in [1.165, 1.54) is 12.1 Å². The maximum absolute atomic E-state index is 13.0. The third kappa shape index (κ3) is 5.52. The predicted octanol–water partition coefficient (Wildman–Crippen LogP) is 5.26. The van der Waals surface area contributed by atoms with Gasteiger partial charge in [0.15, 0.2) is 4.77 Å². The van der Waals surface area contributed by atoms with Gasteiger partial charge < -0.3 is 15.2 Å². The lowest BCUT2D eigenvalue weighted by atomic mass is 10.1. The molecule has 1 aromatic heterocycles. The van der Waals surface area contributed by atoms with E-state index in [1.54, 1.807) is 24.3 Å². The number of carbonyl (C=O) groups is 1. The Hall–Kier alpha value is -3.14. The van der Waals surface area contributed by atoms with E-state index in [0.29, 0.717) is 29.0 Å². The number of amides is 1. The second-order valence-corrected chi connectivity index (χ2v) is 7.55. The highest BCUT2D eigenvalue weighted by molar-refractivity contribution is 7.71. The average Bonchev–Trinajstić information content (AvgIpc) is 3.08. The van der Waals surface area contributed by atoms with Crippen LogP contribution in [0.4, 0.5) is 24.5 Å². The van der Waals surface area contributed by atoms with Crippen molar-refractivity contribution in [2.45, 2.75) is 32.5 Å². The van der Waals surface area contributed by atoms with Gasteiger partial charge in [0.1, 0.15) is 5.82 Å². The largest absolute Gasteiger partial charge is 0.416 e. The molecule has 10 heteroatoms. The third-order valence-electron chi connectivity index (χ3n) is 4.57. The Morgan fingerprint density at radius 3 is 2.65 bits per heavy atom. The Bertz CT molecular complexity index is 1120. The summed E-state index contributed by atoms with van der Waals surface area (Å²) >= 11 is 5.22. The number of carbonyl (C=O) groups excluding carboxylic acids is 1. The molecule has 6 nitrogen and oxygen atoms in total. The van der Waals surface area contributed by atoms with Crippen molar-refractivity contribution in [3.8, 4) is 0 Å². The number of benzene rings is 2. The lowest BCUT2D eigenvalue weighted by Gasteiger charge is -2.14. The van der Waals surface area contributed by atoms with Crippen molar-refractivity contribution >= 4 is 29.5 Å². The quantitative estimate of drug-likeness (QED) is 0.431. The first-order valence-electron chi connectivity index (χ1n) is 9.64. The molecule has 0 fully saturated rings. The fraction of sp³-hybridized carbons (Fsp3) is 0.286. The van der Waals surface area contributed by atoms with Crippen LogP contribution in [-0.2, 0) is 12.6 Å². The molecule has 0 atom stereocenters. The van der Waals surface area contributed by atoms with Crippen molar-refractivity contribution in [1.29, 1.82) is 0 Å². The smallest absolute Gasteiger partial charge is 0.355 e. The number of hydrogen-bond acceptors (Lipinski definition) is 4. The van der Waals surface area contributed by atoms with Gasteiger partial charge in [-0.15, -0.1) is 0 Å². The van der Waals surface area contributed by atoms with E-state index in [-0.39, 0.29) is 17.6 Å². The van der Waals surface area contributed by atoms with Crippen LogP contribution in [0.1, 0.15) is 41.6 Å². The molecular formula is C21H22F3N5OS. The zero-order valence-corrected chi connectivity index (χ0v) is 17.8. The first kappa shape index (κ1) is 22.5. The number of aromatic nitrogens is 3. The van der Waals surface area contributed by atoms with Crippen LogP contribution in [0.5, 0.6) is 0 Å². The summed E-state index contributed by atoms with van der Waals surface area (Å²) in [5.41, 5.74) is 0.201. The van der Waals surface area contributed by atoms with E-state index >= 15 is 0 Å². The summed E-state index contributed by atoms with van der Waals surface area (Å²) in [6, 6.07) is 11.6. The van der Waals surface area contributed by atoms with Crippen LogP contribution in [0, 0.1) is 4.77 Å². The molecule has 3 aromatic rings. The summed E-state index contributed by atoms with van der Waals surface area (Å²) in [7, 11) is 0. The third-order valence-corrected chi connectivity index (χ3v) is 4.86. The van der Waals surface area contributed by atoms with Crippen molar-refractivity contribution in [1.82, 2.24) is 20.1 Å². The van der Waals surface area contributed by atoms with Crippen molar-refractivity contribution in [3.63, 3.8) is 0 Å². The second kappa shape index (κ2) is 9.34. The van der Waals surface area contributed by atoms with Crippen LogP contribution in [0.3, 0.4) is 0 Å². The number of hydrogen-bond donors (Lipinski definition) is 3. The summed E-state index contributed by atoms with van der Waals surface area (Å²) in [4.78, 5) is 12.7. The highest BCUT2D eigenvalue weighted by Gasteiger charge is 2.30. The van der Waals surface area contributed by atoms with Crippen molar-refractivity contribution in [2.24, 2.45) is 0 Å². The van der Waals surface area contributed by atoms with Crippen LogP contribution in [0.15, 0.2) is 48.5 Å². The van der Waals surface area contributed by atoms with E-state index in [1.807, 2.05) is 18.4 Å². The van der Waals surface area contributed by atoms with Gasteiger partial charge in [0.05, 0.1) is 16.8 Å². The van der Waals surface area contributed by atoms with Gasteiger partial charge in [0.25, 0.3) is 5.91 Å². The minimum absolute atomic E-state index is 0.134. The number of alkyl halides is 3. The molecule has 0 unspecified atom stereocenters. The maximum Gasteiger partial charge on any atom is 0.416 e. The molecule has 0 aliphatic rings. The number of halogens is 3. The molecular weight excluding hydrogens is 427 g/mol. The number of anilines is 2. The molecule has 2 aromatic carbocycles. The highest BCUT2D eigenvalue weighted by Crippen LogP contribution is 2.31. The normalized spacial score (nSPS) is 11.5. The predicted molar refractivity (Wildman–Crippen MR) is 115 cm³/mol. The first-order valence-corrected chi connectivity index (χ1v) is 10.0. The zero-order valence-electron chi connectivity index (χ0n) is 17.0. The van der Waals surface area contributed by atoms with Crippen molar-refractivity contribution in [3.05, 3.63) is 70.3 Å². The minimum Gasteiger partial charge on any atom is -0.355 e. The fourth-order valence-corrected chi connectivity index (χ4v) is 3.51. The molecule has 0 radical (unpaired) electrons.